The van der Waals surface area contributed by atoms with Crippen molar-refractivity contribution in [2.24, 2.45) is 22.7 Å². The SMILES string of the molecule is C=C1[C@@H](OC(C)=O)CC[C@@]2(C)C[C@H](OC(C)=O)C3=C(C)C[C@H](OC(=O)CC)[C@@H]([C@@H](OC(C)=O)[C@H]12)C3(C)C. The van der Waals surface area contributed by atoms with Gasteiger partial charge in [0, 0.05) is 45.4 Å². The summed E-state index contributed by atoms with van der Waals surface area (Å²) in [5.41, 5.74) is 1.52. The van der Waals surface area contributed by atoms with Crippen LogP contribution in [-0.4, -0.2) is 48.3 Å². The smallest absolute Gasteiger partial charge is 0.305 e. The van der Waals surface area contributed by atoms with Crippen molar-refractivity contribution >= 4 is 23.9 Å². The largest absolute Gasteiger partial charge is 0.462 e. The van der Waals surface area contributed by atoms with Crippen molar-refractivity contribution in [2.45, 2.75) is 112 Å². The zero-order valence-electron chi connectivity index (χ0n) is 23.5. The van der Waals surface area contributed by atoms with Crippen molar-refractivity contribution in [3.8, 4) is 0 Å². The summed E-state index contributed by atoms with van der Waals surface area (Å²) in [7, 11) is 0. The van der Waals surface area contributed by atoms with Crippen molar-refractivity contribution < 1.29 is 38.1 Å². The molecular formula is C29H42O8. The van der Waals surface area contributed by atoms with E-state index in [2.05, 4.69) is 13.5 Å². The van der Waals surface area contributed by atoms with E-state index in [0.29, 0.717) is 31.3 Å². The molecule has 37 heavy (non-hydrogen) atoms. The lowest BCUT2D eigenvalue weighted by Crippen LogP contribution is -2.60. The molecule has 2 bridgehead atoms. The molecule has 3 aliphatic carbocycles. The van der Waals surface area contributed by atoms with Crippen LogP contribution < -0.4 is 0 Å². The van der Waals surface area contributed by atoms with E-state index in [1.54, 1.807) is 6.92 Å². The Kier molecular flexibility index (Phi) is 8.30. The van der Waals surface area contributed by atoms with Gasteiger partial charge in [-0.1, -0.05) is 39.8 Å². The maximum atomic E-state index is 12.6. The van der Waals surface area contributed by atoms with Gasteiger partial charge in [-0.3, -0.25) is 19.2 Å². The topological polar surface area (TPSA) is 105 Å². The van der Waals surface area contributed by atoms with Crippen LogP contribution in [0.2, 0.25) is 0 Å². The van der Waals surface area contributed by atoms with Crippen LogP contribution >= 0.6 is 0 Å². The van der Waals surface area contributed by atoms with Crippen LogP contribution in [0.4, 0.5) is 0 Å². The van der Waals surface area contributed by atoms with Crippen LogP contribution in [0.15, 0.2) is 23.3 Å². The number of carbonyl (C=O) groups excluding carboxylic acids is 4. The Morgan fingerprint density at radius 3 is 2.03 bits per heavy atom. The van der Waals surface area contributed by atoms with Gasteiger partial charge in [-0.2, -0.15) is 0 Å². The zero-order chi connectivity index (χ0) is 27.9. The number of carbonyl (C=O) groups is 4. The molecule has 7 atom stereocenters. The molecule has 0 aromatic carbocycles. The minimum atomic E-state index is -0.695. The van der Waals surface area contributed by atoms with Gasteiger partial charge in [0.25, 0.3) is 0 Å². The standard InChI is InChI=1S/C29H42O8/c1-10-23(33)37-21-13-15(2)24-22(35-18(5)31)14-29(9)12-11-20(34-17(4)30)16(3)25(29)27(36-19(6)32)26(21)28(24,7)8/h20-22,25-27H,3,10-14H2,1-2,4-9H3/t20-,21-,22-,25-,26-,27-,29-/m0/s1. The molecule has 0 saturated heterocycles. The van der Waals surface area contributed by atoms with Crippen molar-refractivity contribution in [3.05, 3.63) is 23.3 Å². The summed E-state index contributed by atoms with van der Waals surface area (Å²) in [6, 6.07) is 0. The van der Waals surface area contributed by atoms with Gasteiger partial charge < -0.3 is 18.9 Å². The number of hydrogen-bond donors (Lipinski definition) is 0. The Hall–Kier alpha value is -2.64. The number of hydrogen-bond acceptors (Lipinski definition) is 8. The van der Waals surface area contributed by atoms with Gasteiger partial charge >= 0.3 is 23.9 Å². The number of esters is 4. The van der Waals surface area contributed by atoms with E-state index in [-0.39, 0.29) is 18.4 Å². The molecule has 0 aromatic heterocycles. The molecule has 0 radical (unpaired) electrons. The minimum Gasteiger partial charge on any atom is -0.462 e. The Balaban J connectivity index is 2.28. The van der Waals surface area contributed by atoms with Crippen LogP contribution in [0.25, 0.3) is 0 Å². The third kappa shape index (κ3) is 5.63. The van der Waals surface area contributed by atoms with E-state index >= 15 is 0 Å². The molecule has 0 amide bonds. The molecule has 2 saturated carbocycles. The third-order valence-electron chi connectivity index (χ3n) is 8.58. The van der Waals surface area contributed by atoms with E-state index < -0.39 is 59.0 Å². The van der Waals surface area contributed by atoms with Crippen LogP contribution in [0.1, 0.15) is 87.5 Å². The molecule has 0 heterocycles. The van der Waals surface area contributed by atoms with E-state index in [1.807, 2.05) is 20.8 Å². The van der Waals surface area contributed by atoms with Gasteiger partial charge in [-0.05, 0) is 48.2 Å². The Morgan fingerprint density at radius 1 is 0.919 bits per heavy atom. The third-order valence-corrected chi connectivity index (χ3v) is 8.58. The van der Waals surface area contributed by atoms with Crippen molar-refractivity contribution in [1.82, 2.24) is 0 Å². The fourth-order valence-corrected chi connectivity index (χ4v) is 7.40. The monoisotopic (exact) mass is 518 g/mol. The summed E-state index contributed by atoms with van der Waals surface area (Å²) in [4.78, 5) is 49.3. The average molecular weight is 519 g/mol. The highest BCUT2D eigenvalue weighted by molar-refractivity contribution is 5.70. The lowest BCUT2D eigenvalue weighted by Gasteiger charge is -2.58. The fraction of sp³-hybridized carbons (Fsp3) is 0.724. The molecule has 3 aliphatic rings. The second-order valence-electron chi connectivity index (χ2n) is 11.7. The second-order valence-corrected chi connectivity index (χ2v) is 11.7. The van der Waals surface area contributed by atoms with Gasteiger partial charge in [0.2, 0.25) is 0 Å². The van der Waals surface area contributed by atoms with Crippen molar-refractivity contribution in [1.29, 1.82) is 0 Å². The van der Waals surface area contributed by atoms with E-state index in [9.17, 15) is 19.2 Å². The predicted octanol–water partition coefficient (Wildman–Crippen LogP) is 4.84. The molecule has 206 valence electrons. The van der Waals surface area contributed by atoms with Gasteiger partial charge in [-0.15, -0.1) is 0 Å². The summed E-state index contributed by atoms with van der Waals surface area (Å²) in [5, 5.41) is 0. The van der Waals surface area contributed by atoms with Crippen molar-refractivity contribution in [2.75, 3.05) is 0 Å². The van der Waals surface area contributed by atoms with Gasteiger partial charge in [-0.25, -0.2) is 0 Å². The lowest BCUT2D eigenvalue weighted by molar-refractivity contribution is -0.186. The predicted molar refractivity (Wildman–Crippen MR) is 136 cm³/mol. The maximum Gasteiger partial charge on any atom is 0.305 e. The second kappa shape index (κ2) is 10.6. The highest BCUT2D eigenvalue weighted by atomic mass is 16.6. The van der Waals surface area contributed by atoms with Crippen LogP contribution in [0, 0.1) is 22.7 Å². The normalized spacial score (nSPS) is 34.9. The van der Waals surface area contributed by atoms with Crippen molar-refractivity contribution in [3.63, 3.8) is 0 Å². The number of ether oxygens (including phenoxy) is 4. The fourth-order valence-electron chi connectivity index (χ4n) is 7.40. The summed E-state index contributed by atoms with van der Waals surface area (Å²) in [6.45, 7) is 18.4. The highest BCUT2D eigenvalue weighted by Crippen LogP contribution is 2.60. The maximum absolute atomic E-state index is 12.6. The molecule has 8 nitrogen and oxygen atoms in total. The van der Waals surface area contributed by atoms with E-state index in [1.165, 1.54) is 20.8 Å². The molecule has 0 spiro atoms. The highest BCUT2D eigenvalue weighted by Gasteiger charge is 2.61. The Morgan fingerprint density at radius 2 is 1.49 bits per heavy atom. The Labute approximate surface area is 220 Å². The summed E-state index contributed by atoms with van der Waals surface area (Å²) >= 11 is 0. The van der Waals surface area contributed by atoms with Gasteiger partial charge in [0.1, 0.15) is 24.4 Å². The minimum absolute atomic E-state index is 0.218. The molecule has 3 rings (SSSR count). The van der Waals surface area contributed by atoms with E-state index in [0.717, 1.165) is 11.1 Å². The first-order valence-electron chi connectivity index (χ1n) is 13.2. The first-order valence-corrected chi connectivity index (χ1v) is 13.2. The molecule has 0 unspecified atom stereocenters. The molecule has 0 N–H and O–H groups in total. The average Bonchev–Trinajstić information content (AvgIpc) is 2.73. The molecular weight excluding hydrogens is 476 g/mol. The zero-order valence-corrected chi connectivity index (χ0v) is 23.5. The van der Waals surface area contributed by atoms with Crippen LogP contribution in [0.5, 0.6) is 0 Å². The van der Waals surface area contributed by atoms with Crippen LogP contribution in [-0.2, 0) is 38.1 Å². The molecule has 2 fully saturated rings. The summed E-state index contributed by atoms with van der Waals surface area (Å²) in [5.74, 6) is -2.42. The molecule has 0 aliphatic heterocycles. The van der Waals surface area contributed by atoms with Crippen LogP contribution in [0.3, 0.4) is 0 Å². The number of rotatable bonds is 5. The first-order chi connectivity index (χ1) is 17.1. The van der Waals surface area contributed by atoms with Gasteiger partial charge in [0.15, 0.2) is 0 Å². The summed E-state index contributed by atoms with van der Waals surface area (Å²) in [6.07, 6.45) is 0.0839. The molecule has 8 heteroatoms. The quantitative estimate of drug-likeness (QED) is 0.289. The number of fused-ring (bicyclic) bond motifs is 3. The van der Waals surface area contributed by atoms with E-state index in [4.69, 9.17) is 18.9 Å². The summed E-state index contributed by atoms with van der Waals surface area (Å²) < 4.78 is 23.8. The lowest BCUT2D eigenvalue weighted by atomic mass is 9.50. The Bertz CT molecular complexity index is 1010. The first kappa shape index (κ1) is 28.9. The van der Waals surface area contributed by atoms with Gasteiger partial charge in [0.05, 0.1) is 0 Å². The molecule has 0 aromatic rings.